The normalized spacial score (nSPS) is 24.2. The van der Waals surface area contributed by atoms with Crippen LogP contribution < -0.4 is 5.73 Å². The zero-order valence-electron chi connectivity index (χ0n) is 8.76. The summed E-state index contributed by atoms with van der Waals surface area (Å²) >= 11 is 0. The monoisotopic (exact) mass is 185 g/mol. The summed E-state index contributed by atoms with van der Waals surface area (Å²) in [6.45, 7) is 3.19. The van der Waals surface area contributed by atoms with E-state index in [-0.39, 0.29) is 5.41 Å². The van der Waals surface area contributed by atoms with Crippen LogP contribution in [0.15, 0.2) is 0 Å². The van der Waals surface area contributed by atoms with Crippen LogP contribution in [-0.2, 0) is 0 Å². The van der Waals surface area contributed by atoms with E-state index in [1.165, 1.54) is 32.1 Å². The van der Waals surface area contributed by atoms with Gasteiger partial charge in [-0.1, -0.05) is 26.2 Å². The van der Waals surface area contributed by atoms with E-state index >= 15 is 0 Å². The molecule has 1 fully saturated rings. The Morgan fingerprint density at radius 3 is 2.38 bits per heavy atom. The van der Waals surface area contributed by atoms with E-state index in [0.717, 1.165) is 6.42 Å². The summed E-state index contributed by atoms with van der Waals surface area (Å²) < 4.78 is 0. The molecule has 0 amide bonds. The molecule has 0 radical (unpaired) electrons. The molecule has 13 heavy (non-hydrogen) atoms. The van der Waals surface area contributed by atoms with Crippen LogP contribution in [0.3, 0.4) is 0 Å². The molecule has 78 valence electrons. The lowest BCUT2D eigenvalue weighted by Crippen LogP contribution is -2.34. The van der Waals surface area contributed by atoms with Crippen LogP contribution in [0.1, 0.15) is 45.4 Å². The second kappa shape index (κ2) is 4.97. The van der Waals surface area contributed by atoms with Crippen LogP contribution in [0.5, 0.6) is 0 Å². The first-order valence-electron chi connectivity index (χ1n) is 5.54. The fraction of sp³-hybridized carbons (Fsp3) is 1.00. The lowest BCUT2D eigenvalue weighted by molar-refractivity contribution is 0.0506. The van der Waals surface area contributed by atoms with E-state index in [4.69, 9.17) is 5.73 Å². The molecule has 2 heteroatoms. The van der Waals surface area contributed by atoms with Crippen molar-refractivity contribution in [3.63, 3.8) is 0 Å². The van der Waals surface area contributed by atoms with Gasteiger partial charge >= 0.3 is 0 Å². The Bertz CT molecular complexity index is 143. The third-order valence-electron chi connectivity index (χ3n) is 3.67. The second-order valence-electron chi connectivity index (χ2n) is 4.69. The Morgan fingerprint density at radius 1 is 1.31 bits per heavy atom. The fourth-order valence-electron chi connectivity index (χ4n) is 2.54. The van der Waals surface area contributed by atoms with Crippen molar-refractivity contribution in [1.82, 2.24) is 0 Å². The van der Waals surface area contributed by atoms with Crippen molar-refractivity contribution in [3.8, 4) is 0 Å². The van der Waals surface area contributed by atoms with Gasteiger partial charge in [-0.2, -0.15) is 0 Å². The first kappa shape index (κ1) is 11.0. The van der Waals surface area contributed by atoms with Gasteiger partial charge in [0, 0.05) is 6.61 Å². The molecule has 0 aromatic rings. The van der Waals surface area contributed by atoms with Gasteiger partial charge in [-0.25, -0.2) is 0 Å². The zero-order valence-corrected chi connectivity index (χ0v) is 8.76. The second-order valence-corrected chi connectivity index (χ2v) is 4.69. The van der Waals surface area contributed by atoms with Crippen LogP contribution in [0, 0.1) is 11.3 Å². The SMILES string of the molecule is CC(CO)(CCN)C1CCCCC1. The molecule has 0 bridgehead atoms. The number of aliphatic hydroxyl groups is 1. The first-order chi connectivity index (χ1) is 6.23. The van der Waals surface area contributed by atoms with Crippen molar-refractivity contribution in [1.29, 1.82) is 0 Å². The van der Waals surface area contributed by atoms with Crippen LogP contribution in [-0.4, -0.2) is 18.3 Å². The van der Waals surface area contributed by atoms with Gasteiger partial charge in [-0.3, -0.25) is 0 Å². The highest BCUT2D eigenvalue weighted by Crippen LogP contribution is 2.40. The van der Waals surface area contributed by atoms with Crippen LogP contribution >= 0.6 is 0 Å². The molecule has 1 atom stereocenters. The summed E-state index contributed by atoms with van der Waals surface area (Å²) in [5, 5.41) is 9.41. The van der Waals surface area contributed by atoms with E-state index < -0.39 is 0 Å². The van der Waals surface area contributed by atoms with Crippen LogP contribution in [0.2, 0.25) is 0 Å². The van der Waals surface area contributed by atoms with Gasteiger partial charge in [0.05, 0.1) is 0 Å². The van der Waals surface area contributed by atoms with Gasteiger partial charge in [-0.05, 0) is 37.1 Å². The topological polar surface area (TPSA) is 46.2 Å². The maximum Gasteiger partial charge on any atom is 0.0487 e. The maximum atomic E-state index is 9.41. The fourth-order valence-corrected chi connectivity index (χ4v) is 2.54. The molecule has 0 saturated heterocycles. The Hall–Kier alpha value is -0.0800. The number of aliphatic hydroxyl groups excluding tert-OH is 1. The molecule has 0 aliphatic heterocycles. The summed E-state index contributed by atoms with van der Waals surface area (Å²) in [6, 6.07) is 0. The Morgan fingerprint density at radius 2 is 1.92 bits per heavy atom. The molecule has 1 unspecified atom stereocenters. The number of rotatable bonds is 4. The summed E-state index contributed by atoms with van der Waals surface area (Å²) in [5.41, 5.74) is 5.68. The molecule has 0 spiro atoms. The van der Waals surface area contributed by atoms with Gasteiger partial charge in [0.25, 0.3) is 0 Å². The molecule has 0 aromatic heterocycles. The Kier molecular flexibility index (Phi) is 4.20. The van der Waals surface area contributed by atoms with Crippen molar-refractivity contribution in [2.24, 2.45) is 17.1 Å². The molecule has 1 saturated carbocycles. The van der Waals surface area contributed by atoms with Crippen molar-refractivity contribution in [3.05, 3.63) is 0 Å². The number of hydrogen-bond donors (Lipinski definition) is 2. The maximum absolute atomic E-state index is 9.41. The highest BCUT2D eigenvalue weighted by molar-refractivity contribution is 4.84. The summed E-state index contributed by atoms with van der Waals surface area (Å²) in [7, 11) is 0. The van der Waals surface area contributed by atoms with E-state index in [1.807, 2.05) is 0 Å². The van der Waals surface area contributed by atoms with E-state index in [0.29, 0.717) is 19.1 Å². The van der Waals surface area contributed by atoms with Gasteiger partial charge in [0.2, 0.25) is 0 Å². The zero-order chi connectivity index (χ0) is 9.73. The Balaban J connectivity index is 2.51. The van der Waals surface area contributed by atoms with Crippen molar-refractivity contribution >= 4 is 0 Å². The molecular weight excluding hydrogens is 162 g/mol. The minimum Gasteiger partial charge on any atom is -0.396 e. The van der Waals surface area contributed by atoms with Gasteiger partial charge < -0.3 is 10.8 Å². The average molecular weight is 185 g/mol. The molecule has 3 N–H and O–H groups in total. The van der Waals surface area contributed by atoms with Crippen molar-refractivity contribution < 1.29 is 5.11 Å². The highest BCUT2D eigenvalue weighted by atomic mass is 16.3. The molecule has 0 heterocycles. The van der Waals surface area contributed by atoms with Gasteiger partial charge in [0.15, 0.2) is 0 Å². The average Bonchev–Trinajstić information content (AvgIpc) is 2.19. The Labute approximate surface area is 81.5 Å². The van der Waals surface area contributed by atoms with Crippen LogP contribution in [0.25, 0.3) is 0 Å². The third-order valence-corrected chi connectivity index (χ3v) is 3.67. The minimum absolute atomic E-state index is 0.0924. The standard InChI is InChI=1S/C11H23NO/c1-11(9-13,7-8-12)10-5-3-2-4-6-10/h10,13H,2-9,12H2,1H3. The van der Waals surface area contributed by atoms with E-state index in [9.17, 15) is 5.11 Å². The number of hydrogen-bond acceptors (Lipinski definition) is 2. The first-order valence-corrected chi connectivity index (χ1v) is 5.54. The number of nitrogens with two attached hydrogens (primary N) is 1. The van der Waals surface area contributed by atoms with E-state index in [1.54, 1.807) is 0 Å². The van der Waals surface area contributed by atoms with Crippen LogP contribution in [0.4, 0.5) is 0 Å². The van der Waals surface area contributed by atoms with Crippen molar-refractivity contribution in [2.75, 3.05) is 13.2 Å². The lowest BCUT2D eigenvalue weighted by atomic mass is 9.68. The lowest BCUT2D eigenvalue weighted by Gasteiger charge is -2.38. The van der Waals surface area contributed by atoms with Gasteiger partial charge in [0.1, 0.15) is 0 Å². The quantitative estimate of drug-likeness (QED) is 0.703. The van der Waals surface area contributed by atoms with Gasteiger partial charge in [-0.15, -0.1) is 0 Å². The molecule has 1 aliphatic carbocycles. The molecule has 2 nitrogen and oxygen atoms in total. The molecule has 1 aliphatic rings. The smallest absolute Gasteiger partial charge is 0.0487 e. The van der Waals surface area contributed by atoms with E-state index in [2.05, 4.69) is 6.92 Å². The predicted molar refractivity (Wildman–Crippen MR) is 55.4 cm³/mol. The largest absolute Gasteiger partial charge is 0.396 e. The summed E-state index contributed by atoms with van der Waals surface area (Å²) in [4.78, 5) is 0. The summed E-state index contributed by atoms with van der Waals surface area (Å²) in [6.07, 6.45) is 7.60. The molecular formula is C11H23NO. The minimum atomic E-state index is 0.0924. The highest BCUT2D eigenvalue weighted by Gasteiger charge is 2.33. The predicted octanol–water partition coefficient (Wildman–Crippen LogP) is 1.91. The third kappa shape index (κ3) is 2.68. The van der Waals surface area contributed by atoms with Crippen molar-refractivity contribution in [2.45, 2.75) is 45.4 Å². The summed E-state index contributed by atoms with van der Waals surface area (Å²) in [5.74, 6) is 0.704. The molecule has 1 rings (SSSR count). The molecule has 0 aromatic carbocycles.